The van der Waals surface area contributed by atoms with Crippen LogP contribution in [0.4, 0.5) is 5.69 Å². The van der Waals surface area contributed by atoms with Gasteiger partial charge in [-0.25, -0.2) is 8.42 Å². The van der Waals surface area contributed by atoms with Gasteiger partial charge in [-0.2, -0.15) is 0 Å². The minimum absolute atomic E-state index is 0.00884. The molecule has 0 aliphatic carbocycles. The van der Waals surface area contributed by atoms with Gasteiger partial charge in [-0.05, 0) is 82.1 Å². The molecule has 3 rings (SSSR count). The van der Waals surface area contributed by atoms with Crippen molar-refractivity contribution >= 4 is 39.1 Å². The first kappa shape index (κ1) is 32.0. The summed E-state index contributed by atoms with van der Waals surface area (Å²) in [7, 11) is -4.17. The first-order chi connectivity index (χ1) is 19.5. The van der Waals surface area contributed by atoms with E-state index in [4.69, 9.17) is 16.3 Å². The van der Waals surface area contributed by atoms with Crippen molar-refractivity contribution in [2.45, 2.75) is 64.6 Å². The second kappa shape index (κ2) is 14.4. The van der Waals surface area contributed by atoms with E-state index in [-0.39, 0.29) is 23.4 Å². The summed E-state index contributed by atoms with van der Waals surface area (Å²) in [4.78, 5) is 28.5. The zero-order chi connectivity index (χ0) is 30.2. The number of anilines is 1. The molecule has 0 saturated carbocycles. The van der Waals surface area contributed by atoms with E-state index < -0.39 is 28.5 Å². The van der Waals surface area contributed by atoms with Crippen LogP contribution in [0.15, 0.2) is 77.7 Å². The molecule has 2 amide bonds. The van der Waals surface area contributed by atoms with E-state index in [1.165, 1.54) is 17.0 Å². The van der Waals surface area contributed by atoms with Crippen LogP contribution in [-0.2, 0) is 26.2 Å². The Hall–Kier alpha value is -3.56. The van der Waals surface area contributed by atoms with Gasteiger partial charge in [0.1, 0.15) is 18.3 Å². The normalized spacial score (nSPS) is 12.7. The Bertz CT molecular complexity index is 1430. The van der Waals surface area contributed by atoms with Gasteiger partial charge in [0.25, 0.3) is 10.0 Å². The van der Waals surface area contributed by atoms with Crippen LogP contribution in [0.25, 0.3) is 0 Å². The molecule has 1 N–H and O–H groups in total. The predicted octanol–water partition coefficient (Wildman–Crippen LogP) is 5.57. The number of carbonyl (C=O) groups excluding carboxylic acids is 2. The number of aryl methyl sites for hydroxylation is 1. The fourth-order valence-electron chi connectivity index (χ4n) is 4.10. The molecular weight excluding hydrogens is 562 g/mol. The van der Waals surface area contributed by atoms with Gasteiger partial charge in [0, 0.05) is 17.6 Å². The SMILES string of the molecule is CCOc1ccc(S(=O)(=O)N(CC(=O)N(Cc2ccccc2Cl)[C@H](C)C(=O)N[C@H](C)CC)c2ccc(C)cc2)cc1. The lowest BCUT2D eigenvalue weighted by Crippen LogP contribution is -2.52. The van der Waals surface area contributed by atoms with Gasteiger partial charge in [0.05, 0.1) is 17.2 Å². The average molecular weight is 600 g/mol. The lowest BCUT2D eigenvalue weighted by Gasteiger charge is -2.32. The van der Waals surface area contributed by atoms with Gasteiger partial charge >= 0.3 is 0 Å². The second-order valence-electron chi connectivity index (χ2n) is 9.86. The molecule has 10 heteroatoms. The molecule has 0 aliphatic rings. The molecule has 8 nitrogen and oxygen atoms in total. The number of halogens is 1. The Labute approximate surface area is 248 Å². The van der Waals surface area contributed by atoms with Crippen molar-refractivity contribution in [2.24, 2.45) is 0 Å². The van der Waals surface area contributed by atoms with Crippen molar-refractivity contribution in [3.05, 3.63) is 88.9 Å². The van der Waals surface area contributed by atoms with Crippen LogP contribution in [0.3, 0.4) is 0 Å². The molecule has 0 spiro atoms. The van der Waals surface area contributed by atoms with Gasteiger partial charge < -0.3 is 15.0 Å². The molecule has 0 bridgehead atoms. The number of nitrogens with one attached hydrogen (secondary N) is 1. The van der Waals surface area contributed by atoms with E-state index in [9.17, 15) is 18.0 Å². The summed E-state index contributed by atoms with van der Waals surface area (Å²) in [6.45, 7) is 9.14. The molecule has 0 radical (unpaired) electrons. The van der Waals surface area contributed by atoms with Gasteiger partial charge in [-0.3, -0.25) is 13.9 Å². The van der Waals surface area contributed by atoms with Crippen molar-refractivity contribution in [2.75, 3.05) is 17.5 Å². The van der Waals surface area contributed by atoms with E-state index in [2.05, 4.69) is 5.32 Å². The molecule has 3 aromatic carbocycles. The summed E-state index contributed by atoms with van der Waals surface area (Å²) >= 11 is 6.41. The molecular formula is C31H38ClN3O5S. The van der Waals surface area contributed by atoms with Crippen molar-refractivity contribution in [1.29, 1.82) is 0 Å². The zero-order valence-electron chi connectivity index (χ0n) is 24.1. The van der Waals surface area contributed by atoms with E-state index in [0.717, 1.165) is 16.3 Å². The smallest absolute Gasteiger partial charge is 0.264 e. The molecule has 0 fully saturated rings. The third-order valence-electron chi connectivity index (χ3n) is 6.79. The number of amides is 2. The largest absolute Gasteiger partial charge is 0.494 e. The van der Waals surface area contributed by atoms with E-state index in [1.807, 2.05) is 27.7 Å². The summed E-state index contributed by atoms with van der Waals surface area (Å²) in [6.07, 6.45) is 0.721. The monoisotopic (exact) mass is 599 g/mol. The zero-order valence-corrected chi connectivity index (χ0v) is 25.7. The maximum atomic E-state index is 14.0. The van der Waals surface area contributed by atoms with Gasteiger partial charge in [0.15, 0.2) is 0 Å². The van der Waals surface area contributed by atoms with Crippen LogP contribution in [0.1, 0.15) is 45.2 Å². The van der Waals surface area contributed by atoms with Crippen LogP contribution < -0.4 is 14.4 Å². The summed E-state index contributed by atoms with van der Waals surface area (Å²) in [5, 5.41) is 3.36. The number of carbonyl (C=O) groups is 2. The average Bonchev–Trinajstić information content (AvgIpc) is 2.96. The Morgan fingerprint density at radius 3 is 2.17 bits per heavy atom. The van der Waals surface area contributed by atoms with Gasteiger partial charge in [-0.15, -0.1) is 0 Å². The number of rotatable bonds is 13. The first-order valence-electron chi connectivity index (χ1n) is 13.6. The van der Waals surface area contributed by atoms with Crippen LogP contribution in [0.5, 0.6) is 5.75 Å². The van der Waals surface area contributed by atoms with E-state index >= 15 is 0 Å². The van der Waals surface area contributed by atoms with E-state index in [1.54, 1.807) is 67.6 Å². The van der Waals surface area contributed by atoms with Crippen molar-refractivity contribution in [3.63, 3.8) is 0 Å². The molecule has 0 aliphatic heterocycles. The molecule has 41 heavy (non-hydrogen) atoms. The summed E-state index contributed by atoms with van der Waals surface area (Å²) in [6, 6.07) is 19.0. The second-order valence-corrected chi connectivity index (χ2v) is 12.1. The highest BCUT2D eigenvalue weighted by atomic mass is 35.5. The van der Waals surface area contributed by atoms with Crippen LogP contribution in [0.2, 0.25) is 5.02 Å². The van der Waals surface area contributed by atoms with E-state index in [0.29, 0.717) is 28.6 Å². The number of hydrogen-bond donors (Lipinski definition) is 1. The summed E-state index contributed by atoms with van der Waals surface area (Å²) in [5.41, 5.74) is 1.91. The molecule has 0 unspecified atom stereocenters. The van der Waals surface area contributed by atoms with Crippen molar-refractivity contribution < 1.29 is 22.7 Å². The van der Waals surface area contributed by atoms with Gasteiger partial charge in [0.2, 0.25) is 11.8 Å². The van der Waals surface area contributed by atoms with Crippen LogP contribution in [0, 0.1) is 6.92 Å². The first-order valence-corrected chi connectivity index (χ1v) is 15.4. The molecule has 0 aromatic heterocycles. The highest BCUT2D eigenvalue weighted by Gasteiger charge is 2.33. The van der Waals surface area contributed by atoms with Gasteiger partial charge in [-0.1, -0.05) is 54.4 Å². The number of nitrogens with zero attached hydrogens (tertiary/aromatic N) is 2. The number of hydrogen-bond acceptors (Lipinski definition) is 5. The molecule has 0 saturated heterocycles. The third kappa shape index (κ3) is 8.24. The number of ether oxygens (including phenoxy) is 1. The quantitative estimate of drug-likeness (QED) is 0.277. The number of sulfonamides is 1. The molecule has 220 valence electrons. The Balaban J connectivity index is 2.02. The minimum Gasteiger partial charge on any atom is -0.494 e. The van der Waals surface area contributed by atoms with Crippen LogP contribution in [-0.4, -0.2) is 50.4 Å². The minimum atomic E-state index is -4.17. The molecule has 2 atom stereocenters. The van der Waals surface area contributed by atoms with Crippen molar-refractivity contribution in [1.82, 2.24) is 10.2 Å². The molecule has 3 aromatic rings. The lowest BCUT2D eigenvalue weighted by molar-refractivity contribution is -0.139. The Kier molecular flexibility index (Phi) is 11.2. The topological polar surface area (TPSA) is 96.0 Å². The van der Waals surface area contributed by atoms with Crippen LogP contribution >= 0.6 is 11.6 Å². The highest BCUT2D eigenvalue weighted by molar-refractivity contribution is 7.92. The standard InChI is InChI=1S/C31H38ClN3O5S/c1-6-23(4)33-31(37)24(5)34(20-25-10-8-9-11-29(25)32)30(36)21-35(26-14-12-22(3)13-15-26)41(38,39)28-18-16-27(17-19-28)40-7-2/h8-19,23-24H,6-7,20-21H2,1-5H3,(H,33,37)/t23-,24-/m1/s1. The lowest BCUT2D eigenvalue weighted by atomic mass is 10.1. The summed E-state index contributed by atoms with van der Waals surface area (Å²) < 4.78 is 34.5. The molecule has 0 heterocycles. The highest BCUT2D eigenvalue weighted by Crippen LogP contribution is 2.27. The summed E-state index contributed by atoms with van der Waals surface area (Å²) in [5.74, 6) is -0.348. The maximum absolute atomic E-state index is 14.0. The number of benzene rings is 3. The third-order valence-corrected chi connectivity index (χ3v) is 8.95. The predicted molar refractivity (Wildman–Crippen MR) is 163 cm³/mol. The van der Waals surface area contributed by atoms with Crippen molar-refractivity contribution in [3.8, 4) is 5.75 Å². The maximum Gasteiger partial charge on any atom is 0.264 e. The fraction of sp³-hybridized carbons (Fsp3) is 0.355. The fourth-order valence-corrected chi connectivity index (χ4v) is 5.71. The Morgan fingerprint density at radius 1 is 0.951 bits per heavy atom. The Morgan fingerprint density at radius 2 is 1.59 bits per heavy atom.